The molecule has 0 saturated heterocycles. The summed E-state index contributed by atoms with van der Waals surface area (Å²) in [7, 11) is 9.36. The monoisotopic (exact) mass is 464 g/mol. The number of fused-ring (bicyclic) bond motifs is 1. The predicted molar refractivity (Wildman–Crippen MR) is 134 cm³/mol. The lowest BCUT2D eigenvalue weighted by atomic mass is 10.1. The molecule has 178 valence electrons. The van der Waals surface area contributed by atoms with Gasteiger partial charge in [-0.05, 0) is 38.4 Å². The Hall–Kier alpha value is -3.92. The maximum absolute atomic E-state index is 14.7. The Morgan fingerprint density at radius 1 is 1.15 bits per heavy atom. The van der Waals surface area contributed by atoms with Crippen LogP contribution in [-0.4, -0.2) is 66.0 Å². The van der Waals surface area contributed by atoms with E-state index in [9.17, 15) is 4.39 Å². The summed E-state index contributed by atoms with van der Waals surface area (Å²) in [4.78, 5) is 13.1. The lowest BCUT2D eigenvalue weighted by Gasteiger charge is -2.24. The minimum absolute atomic E-state index is 0.343. The molecule has 3 N–H and O–H groups in total. The van der Waals surface area contributed by atoms with Gasteiger partial charge in [0.05, 0.1) is 36.1 Å². The Bertz CT molecular complexity index is 1320. The molecule has 0 bridgehead atoms. The number of anilines is 4. The van der Waals surface area contributed by atoms with Crippen molar-refractivity contribution in [2.75, 3.05) is 57.3 Å². The number of ether oxygens (including phenoxy) is 1. The normalized spacial score (nSPS) is 11.3. The van der Waals surface area contributed by atoms with Gasteiger partial charge in [-0.25, -0.2) is 14.4 Å². The molecule has 0 aliphatic carbocycles. The molecule has 34 heavy (non-hydrogen) atoms. The topological polar surface area (TPSA) is 97.4 Å². The number of hydrogen-bond acceptors (Lipinski definition) is 8. The van der Waals surface area contributed by atoms with E-state index in [1.165, 1.54) is 10.7 Å². The van der Waals surface area contributed by atoms with Crippen LogP contribution >= 0.6 is 0 Å². The summed E-state index contributed by atoms with van der Waals surface area (Å²) in [5.74, 6) is 0.595. The molecule has 9 nitrogen and oxygen atoms in total. The molecule has 0 atom stereocenters. The largest absolute Gasteiger partial charge is 0.494 e. The highest BCUT2D eigenvalue weighted by Gasteiger charge is 2.15. The van der Waals surface area contributed by atoms with Crippen LogP contribution in [0.2, 0.25) is 0 Å². The summed E-state index contributed by atoms with van der Waals surface area (Å²) >= 11 is 0. The number of aryl methyl sites for hydroxylation is 1. The second-order valence-corrected chi connectivity index (χ2v) is 8.39. The molecule has 4 rings (SSSR count). The zero-order valence-corrected chi connectivity index (χ0v) is 20.0. The van der Waals surface area contributed by atoms with Gasteiger partial charge in [-0.2, -0.15) is 5.10 Å². The molecule has 4 aromatic rings. The quantitative estimate of drug-likeness (QED) is 0.383. The Morgan fingerprint density at radius 2 is 1.94 bits per heavy atom. The molecule has 10 heteroatoms. The molecule has 0 radical (unpaired) electrons. The average Bonchev–Trinajstić information content (AvgIpc) is 3.19. The smallest absolute Gasteiger partial charge is 0.227 e. The number of nitrogens with zero attached hydrogens (tertiary/aromatic N) is 6. The molecule has 0 aliphatic rings. The van der Waals surface area contributed by atoms with Gasteiger partial charge in [0.15, 0.2) is 0 Å². The highest BCUT2D eigenvalue weighted by atomic mass is 19.1. The second kappa shape index (κ2) is 9.52. The number of nitrogens with one attached hydrogen (secondary N) is 1. The fraction of sp³-hybridized carbons (Fsp3) is 0.292. The Balaban J connectivity index is 1.62. The Kier molecular flexibility index (Phi) is 6.51. The van der Waals surface area contributed by atoms with Crippen LogP contribution in [0, 0.1) is 5.82 Å². The number of nitrogen functional groups attached to an aromatic ring is 1. The summed E-state index contributed by atoms with van der Waals surface area (Å²) in [6, 6.07) is 8.73. The number of halogens is 1. The maximum Gasteiger partial charge on any atom is 0.227 e. The van der Waals surface area contributed by atoms with Gasteiger partial charge in [-0.15, -0.1) is 0 Å². The minimum Gasteiger partial charge on any atom is -0.494 e. The molecule has 0 saturated carbocycles. The highest BCUT2D eigenvalue weighted by molar-refractivity contribution is 5.85. The first kappa shape index (κ1) is 23.2. The van der Waals surface area contributed by atoms with Crippen molar-refractivity contribution in [2.24, 2.45) is 7.05 Å². The summed E-state index contributed by atoms with van der Waals surface area (Å²) in [5.41, 5.74) is 10.1. The van der Waals surface area contributed by atoms with E-state index in [2.05, 4.69) is 30.2 Å². The Labute approximate surface area is 198 Å². The first-order chi connectivity index (χ1) is 16.3. The molecule has 0 aliphatic heterocycles. The lowest BCUT2D eigenvalue weighted by Crippen LogP contribution is -2.29. The van der Waals surface area contributed by atoms with E-state index >= 15 is 0 Å². The van der Waals surface area contributed by atoms with Gasteiger partial charge in [-0.3, -0.25) is 4.68 Å². The van der Waals surface area contributed by atoms with Crippen molar-refractivity contribution in [1.29, 1.82) is 0 Å². The fourth-order valence-electron chi connectivity index (χ4n) is 3.77. The van der Waals surface area contributed by atoms with Crippen molar-refractivity contribution >= 4 is 33.9 Å². The van der Waals surface area contributed by atoms with Gasteiger partial charge in [-0.1, -0.05) is 0 Å². The van der Waals surface area contributed by atoms with E-state index < -0.39 is 0 Å². The van der Waals surface area contributed by atoms with Gasteiger partial charge in [0.1, 0.15) is 17.1 Å². The first-order valence-electron chi connectivity index (χ1n) is 10.8. The van der Waals surface area contributed by atoms with E-state index in [-0.39, 0.29) is 5.82 Å². The van der Waals surface area contributed by atoms with Crippen LogP contribution in [0.25, 0.3) is 22.2 Å². The summed E-state index contributed by atoms with van der Waals surface area (Å²) in [5, 5.41) is 8.02. The molecule has 0 amide bonds. The lowest BCUT2D eigenvalue weighted by molar-refractivity contribution is 0.413. The van der Waals surface area contributed by atoms with E-state index in [4.69, 9.17) is 10.5 Å². The molecule has 0 fully saturated rings. The third kappa shape index (κ3) is 4.72. The number of nitrogens with two attached hydrogens (primary N) is 1. The number of hydrogen-bond donors (Lipinski definition) is 2. The van der Waals surface area contributed by atoms with E-state index in [0.717, 1.165) is 18.8 Å². The number of likely N-dealkylation sites (N-methyl/N-ethyl adjacent to an activating group) is 2. The third-order valence-electron chi connectivity index (χ3n) is 5.63. The molecule has 2 heterocycles. The van der Waals surface area contributed by atoms with Gasteiger partial charge in [0, 0.05) is 50.4 Å². The molecular weight excluding hydrogens is 435 g/mol. The first-order valence-corrected chi connectivity index (χ1v) is 10.8. The number of aromatic nitrogens is 4. The molecule has 0 spiro atoms. The number of methoxy groups -OCH3 is 1. The number of benzene rings is 2. The van der Waals surface area contributed by atoms with Crippen molar-refractivity contribution in [2.45, 2.75) is 0 Å². The van der Waals surface area contributed by atoms with Crippen molar-refractivity contribution in [1.82, 2.24) is 24.6 Å². The van der Waals surface area contributed by atoms with E-state index in [1.54, 1.807) is 38.7 Å². The fourth-order valence-corrected chi connectivity index (χ4v) is 3.77. The summed E-state index contributed by atoms with van der Waals surface area (Å²) in [6.07, 6.45) is 3.25. The van der Waals surface area contributed by atoms with Gasteiger partial charge < -0.3 is 25.6 Å². The van der Waals surface area contributed by atoms with Crippen LogP contribution in [0.4, 0.5) is 27.4 Å². The summed E-state index contributed by atoms with van der Waals surface area (Å²) in [6.45, 7) is 1.71. The van der Waals surface area contributed by atoms with E-state index in [0.29, 0.717) is 45.2 Å². The van der Waals surface area contributed by atoms with Crippen LogP contribution in [0.3, 0.4) is 0 Å². The average molecular weight is 465 g/mol. The molecule has 2 aromatic carbocycles. The van der Waals surface area contributed by atoms with Crippen LogP contribution in [0.1, 0.15) is 0 Å². The SMILES string of the molecule is COc1cc(N(C)CCN(C)C)c(N)cc1Nc1nccc(-c2cc(F)c3c(cnn3C)c2)n1. The zero-order valence-electron chi connectivity index (χ0n) is 20.0. The number of rotatable bonds is 8. The van der Waals surface area contributed by atoms with Gasteiger partial charge in [0.25, 0.3) is 0 Å². The third-order valence-corrected chi connectivity index (χ3v) is 5.63. The van der Waals surface area contributed by atoms with Crippen LogP contribution in [0.15, 0.2) is 42.7 Å². The van der Waals surface area contributed by atoms with Crippen LogP contribution in [0.5, 0.6) is 5.75 Å². The van der Waals surface area contributed by atoms with Gasteiger partial charge >= 0.3 is 0 Å². The molecular formula is C24H29FN8O. The van der Waals surface area contributed by atoms with Crippen LogP contribution in [-0.2, 0) is 7.05 Å². The minimum atomic E-state index is -0.357. The zero-order chi connectivity index (χ0) is 24.4. The Morgan fingerprint density at radius 3 is 2.68 bits per heavy atom. The predicted octanol–water partition coefficient (Wildman–Crippen LogP) is 3.50. The van der Waals surface area contributed by atoms with Gasteiger partial charge in [0.2, 0.25) is 5.95 Å². The second-order valence-electron chi connectivity index (χ2n) is 8.39. The van der Waals surface area contributed by atoms with Crippen molar-refractivity contribution in [3.63, 3.8) is 0 Å². The van der Waals surface area contributed by atoms with E-state index in [1.807, 2.05) is 33.3 Å². The molecule has 2 aromatic heterocycles. The van der Waals surface area contributed by atoms with Crippen LogP contribution < -0.4 is 20.7 Å². The summed E-state index contributed by atoms with van der Waals surface area (Å²) < 4.78 is 21.8. The van der Waals surface area contributed by atoms with Crippen molar-refractivity contribution in [3.05, 3.63) is 48.5 Å². The maximum atomic E-state index is 14.7. The highest BCUT2D eigenvalue weighted by Crippen LogP contribution is 2.36. The molecule has 0 unspecified atom stereocenters. The van der Waals surface area contributed by atoms with Crippen molar-refractivity contribution < 1.29 is 9.13 Å². The van der Waals surface area contributed by atoms with Crippen molar-refractivity contribution in [3.8, 4) is 17.0 Å². The standard InChI is InChI=1S/C24H29FN8O/c1-31(2)8-9-32(3)21-13-22(34-5)20(12-18(21)26)30-24-27-7-6-19(29-24)15-10-16-14-28-33(4)23(16)17(25)11-15/h6-7,10-14H,8-9,26H2,1-5H3,(H,27,29,30).